The summed E-state index contributed by atoms with van der Waals surface area (Å²) >= 11 is 0. The maximum absolute atomic E-state index is 3.47. The third kappa shape index (κ3) is 5.19. The number of nitrogens with zero attached hydrogens (tertiary/aromatic N) is 1. The van der Waals surface area contributed by atoms with Crippen molar-refractivity contribution in [3.8, 4) is 0 Å². The van der Waals surface area contributed by atoms with Crippen LogP contribution in [-0.2, 0) is 6.54 Å². The van der Waals surface area contributed by atoms with Crippen LogP contribution in [0.4, 0.5) is 0 Å². The van der Waals surface area contributed by atoms with Crippen LogP contribution in [0, 0.1) is 6.92 Å². The quantitative estimate of drug-likeness (QED) is 0.760. The number of rotatable bonds is 8. The van der Waals surface area contributed by atoms with E-state index < -0.39 is 0 Å². The van der Waals surface area contributed by atoms with Gasteiger partial charge < -0.3 is 5.32 Å². The first-order valence-electron chi connectivity index (χ1n) is 7.13. The maximum Gasteiger partial charge on any atom is 0.0234 e. The van der Waals surface area contributed by atoms with Crippen LogP contribution in [0.1, 0.15) is 37.8 Å². The lowest BCUT2D eigenvalue weighted by atomic mass is 10.1. The molecule has 0 heterocycles. The van der Waals surface area contributed by atoms with Crippen molar-refractivity contribution >= 4 is 0 Å². The van der Waals surface area contributed by atoms with Gasteiger partial charge in [0.2, 0.25) is 0 Å². The zero-order valence-corrected chi connectivity index (χ0v) is 12.4. The number of nitrogens with one attached hydrogen (secondary N) is 1. The number of likely N-dealkylation sites (N-methyl/N-ethyl adjacent to an activating group) is 2. The molecule has 0 spiro atoms. The molecule has 0 radical (unpaired) electrons. The van der Waals surface area contributed by atoms with Gasteiger partial charge in [-0.1, -0.05) is 50.1 Å². The van der Waals surface area contributed by atoms with Crippen molar-refractivity contribution in [1.29, 1.82) is 0 Å². The van der Waals surface area contributed by atoms with Crippen molar-refractivity contribution in [2.24, 2.45) is 0 Å². The van der Waals surface area contributed by atoms with Crippen LogP contribution in [0.3, 0.4) is 0 Å². The molecule has 1 aromatic rings. The molecule has 0 aromatic heterocycles. The van der Waals surface area contributed by atoms with Gasteiger partial charge in [0.25, 0.3) is 0 Å². The van der Waals surface area contributed by atoms with Gasteiger partial charge in [-0.15, -0.1) is 0 Å². The van der Waals surface area contributed by atoms with E-state index in [9.17, 15) is 0 Å². The van der Waals surface area contributed by atoms with E-state index in [1.807, 2.05) is 0 Å². The van der Waals surface area contributed by atoms with Crippen molar-refractivity contribution in [3.05, 3.63) is 35.4 Å². The lowest BCUT2D eigenvalue weighted by Gasteiger charge is -2.28. The van der Waals surface area contributed by atoms with Crippen molar-refractivity contribution < 1.29 is 0 Å². The minimum absolute atomic E-state index is 0.635. The van der Waals surface area contributed by atoms with Gasteiger partial charge in [0.1, 0.15) is 0 Å². The van der Waals surface area contributed by atoms with Gasteiger partial charge >= 0.3 is 0 Å². The summed E-state index contributed by atoms with van der Waals surface area (Å²) in [5.41, 5.74) is 2.76. The van der Waals surface area contributed by atoms with E-state index in [-0.39, 0.29) is 0 Å². The summed E-state index contributed by atoms with van der Waals surface area (Å²) in [6, 6.07) is 9.45. The highest BCUT2D eigenvalue weighted by atomic mass is 15.1. The predicted molar refractivity (Wildman–Crippen MR) is 79.9 cm³/mol. The average Bonchev–Trinajstić information content (AvgIpc) is 2.34. The van der Waals surface area contributed by atoms with E-state index in [4.69, 9.17) is 0 Å². The molecule has 2 nitrogen and oxygen atoms in total. The Kier molecular flexibility index (Phi) is 6.99. The molecule has 1 unspecified atom stereocenters. The molecule has 1 N–H and O–H groups in total. The Hall–Kier alpha value is -0.860. The molecular weight excluding hydrogens is 220 g/mol. The minimum Gasteiger partial charge on any atom is -0.315 e. The molecular formula is C16H28N2. The van der Waals surface area contributed by atoms with Crippen molar-refractivity contribution in [2.75, 3.05) is 20.1 Å². The highest BCUT2D eigenvalue weighted by molar-refractivity contribution is 5.22. The normalized spacial score (nSPS) is 12.9. The summed E-state index contributed by atoms with van der Waals surface area (Å²) in [6.07, 6.45) is 2.50. The van der Waals surface area contributed by atoms with Gasteiger partial charge in [-0.2, -0.15) is 0 Å². The lowest BCUT2D eigenvalue weighted by molar-refractivity contribution is 0.215. The fourth-order valence-corrected chi connectivity index (χ4v) is 2.35. The van der Waals surface area contributed by atoms with Crippen LogP contribution < -0.4 is 5.32 Å². The molecule has 0 aliphatic rings. The first-order chi connectivity index (χ1) is 8.67. The molecule has 0 fully saturated rings. The summed E-state index contributed by atoms with van der Waals surface area (Å²) in [4.78, 5) is 2.47. The van der Waals surface area contributed by atoms with E-state index in [1.165, 1.54) is 24.0 Å². The summed E-state index contributed by atoms with van der Waals surface area (Å²) in [5.74, 6) is 0. The molecule has 1 atom stereocenters. The molecule has 0 amide bonds. The van der Waals surface area contributed by atoms with Gasteiger partial charge in [-0.05, 0) is 32.5 Å². The first kappa shape index (κ1) is 15.2. The number of aryl methyl sites for hydroxylation is 1. The fraction of sp³-hybridized carbons (Fsp3) is 0.625. The second-order valence-electron chi connectivity index (χ2n) is 5.15. The Bertz CT molecular complexity index is 336. The molecule has 1 aromatic carbocycles. The predicted octanol–water partition coefficient (Wildman–Crippen LogP) is 3.21. The van der Waals surface area contributed by atoms with E-state index in [2.05, 4.69) is 62.3 Å². The van der Waals surface area contributed by atoms with E-state index in [0.717, 1.165) is 19.6 Å². The Balaban J connectivity index is 2.56. The molecule has 0 bridgehead atoms. The molecule has 2 heteroatoms. The smallest absolute Gasteiger partial charge is 0.0234 e. The fourth-order valence-electron chi connectivity index (χ4n) is 2.35. The Labute approximate surface area is 112 Å². The first-order valence-corrected chi connectivity index (χ1v) is 7.13. The topological polar surface area (TPSA) is 15.3 Å². The highest BCUT2D eigenvalue weighted by Crippen LogP contribution is 2.11. The van der Waals surface area contributed by atoms with Gasteiger partial charge in [0.15, 0.2) is 0 Å². The molecule has 18 heavy (non-hydrogen) atoms. The molecule has 0 aliphatic heterocycles. The second-order valence-corrected chi connectivity index (χ2v) is 5.15. The highest BCUT2D eigenvalue weighted by Gasteiger charge is 2.13. The van der Waals surface area contributed by atoms with Crippen molar-refractivity contribution in [2.45, 2.75) is 46.2 Å². The van der Waals surface area contributed by atoms with Crippen LogP contribution in [-0.4, -0.2) is 31.1 Å². The largest absolute Gasteiger partial charge is 0.315 e. The summed E-state index contributed by atoms with van der Waals surface area (Å²) in [7, 11) is 2.24. The van der Waals surface area contributed by atoms with Crippen molar-refractivity contribution in [3.63, 3.8) is 0 Å². The Morgan fingerprint density at radius 2 is 2.06 bits per heavy atom. The molecule has 0 aliphatic carbocycles. The SMILES string of the molecule is CCCC(CNCC)N(C)Cc1cccc(C)c1. The van der Waals surface area contributed by atoms with Gasteiger partial charge in [0, 0.05) is 19.1 Å². The maximum atomic E-state index is 3.47. The third-order valence-electron chi connectivity index (χ3n) is 3.39. The average molecular weight is 248 g/mol. The number of benzene rings is 1. The summed E-state index contributed by atoms with van der Waals surface area (Å²) in [6.45, 7) is 9.78. The van der Waals surface area contributed by atoms with Crippen LogP contribution in [0.15, 0.2) is 24.3 Å². The lowest BCUT2D eigenvalue weighted by Crippen LogP contribution is -2.39. The van der Waals surface area contributed by atoms with Crippen molar-refractivity contribution in [1.82, 2.24) is 10.2 Å². The Morgan fingerprint density at radius 1 is 1.28 bits per heavy atom. The van der Waals surface area contributed by atoms with Crippen LogP contribution in [0.2, 0.25) is 0 Å². The van der Waals surface area contributed by atoms with Gasteiger partial charge in [0.05, 0.1) is 0 Å². The standard InChI is InChI=1S/C16H28N2/c1-5-8-16(12-17-6-2)18(4)13-15-10-7-9-14(3)11-15/h7,9-11,16-17H,5-6,8,12-13H2,1-4H3. The molecule has 0 saturated heterocycles. The molecule has 1 rings (SSSR count). The number of hydrogen-bond donors (Lipinski definition) is 1. The van der Waals surface area contributed by atoms with E-state index in [1.54, 1.807) is 0 Å². The zero-order valence-electron chi connectivity index (χ0n) is 12.4. The van der Waals surface area contributed by atoms with Gasteiger partial charge in [-0.3, -0.25) is 4.90 Å². The zero-order chi connectivity index (χ0) is 13.4. The summed E-state index contributed by atoms with van der Waals surface area (Å²) < 4.78 is 0. The molecule has 0 saturated carbocycles. The minimum atomic E-state index is 0.635. The van der Waals surface area contributed by atoms with Crippen LogP contribution >= 0.6 is 0 Å². The van der Waals surface area contributed by atoms with Gasteiger partial charge in [-0.25, -0.2) is 0 Å². The Morgan fingerprint density at radius 3 is 2.67 bits per heavy atom. The second kappa shape index (κ2) is 8.28. The van der Waals surface area contributed by atoms with E-state index in [0.29, 0.717) is 6.04 Å². The number of hydrogen-bond acceptors (Lipinski definition) is 2. The van der Waals surface area contributed by atoms with Crippen LogP contribution in [0.25, 0.3) is 0 Å². The third-order valence-corrected chi connectivity index (χ3v) is 3.39. The summed E-state index contributed by atoms with van der Waals surface area (Å²) in [5, 5.41) is 3.47. The monoisotopic (exact) mass is 248 g/mol. The van der Waals surface area contributed by atoms with E-state index >= 15 is 0 Å². The molecule has 102 valence electrons. The van der Waals surface area contributed by atoms with Crippen LogP contribution in [0.5, 0.6) is 0 Å².